The molecule has 1 aromatic heterocycles. The third kappa shape index (κ3) is 6.25. The molecule has 2 atom stereocenters. The number of halogens is 3. The number of hydrogen-bond acceptors (Lipinski definition) is 7. The third-order valence-corrected chi connectivity index (χ3v) is 5.95. The molecule has 1 heterocycles. The minimum absolute atomic E-state index is 0.197. The third-order valence-electron chi connectivity index (χ3n) is 5.95. The Labute approximate surface area is 214 Å². The molecule has 2 N–H and O–H groups in total. The zero-order chi connectivity index (χ0) is 27.4. The van der Waals surface area contributed by atoms with Crippen molar-refractivity contribution in [2.45, 2.75) is 38.6 Å². The SMILES string of the molecule is Cc1cc(COc2ccc(C(=O)NC3CC(=O)CC3C(=O)NOC(=O)C(F)(F)F)cc2)c2ccccc2n1. The van der Waals surface area contributed by atoms with Gasteiger partial charge in [-0.2, -0.15) is 18.7 Å². The van der Waals surface area contributed by atoms with Gasteiger partial charge in [-0.25, -0.2) is 4.79 Å². The maximum atomic E-state index is 12.7. The zero-order valence-electron chi connectivity index (χ0n) is 20.0. The number of Topliss-reactive ketones (excluding diaryl/α,β-unsaturated/α-hetero) is 1. The van der Waals surface area contributed by atoms with E-state index in [4.69, 9.17) is 4.74 Å². The molecule has 9 nitrogen and oxygen atoms in total. The summed E-state index contributed by atoms with van der Waals surface area (Å²) in [4.78, 5) is 55.9. The first-order valence-corrected chi connectivity index (χ1v) is 11.5. The summed E-state index contributed by atoms with van der Waals surface area (Å²) in [6.45, 7) is 2.17. The maximum Gasteiger partial charge on any atom is 0.493 e. The number of nitrogens with one attached hydrogen (secondary N) is 2. The van der Waals surface area contributed by atoms with Crippen molar-refractivity contribution in [2.24, 2.45) is 5.92 Å². The Balaban J connectivity index is 1.36. The molecule has 198 valence electrons. The van der Waals surface area contributed by atoms with Gasteiger partial charge in [-0.15, -0.1) is 0 Å². The van der Waals surface area contributed by atoms with Crippen LogP contribution in [0, 0.1) is 12.8 Å². The summed E-state index contributed by atoms with van der Waals surface area (Å²) < 4.78 is 42.7. The van der Waals surface area contributed by atoms with Gasteiger partial charge in [0.05, 0.1) is 11.4 Å². The van der Waals surface area contributed by atoms with Crippen molar-refractivity contribution in [3.63, 3.8) is 0 Å². The van der Waals surface area contributed by atoms with Crippen LogP contribution in [-0.4, -0.2) is 40.8 Å². The number of para-hydroxylation sites is 1. The summed E-state index contributed by atoms with van der Waals surface area (Å²) >= 11 is 0. The van der Waals surface area contributed by atoms with Gasteiger partial charge in [0.15, 0.2) is 0 Å². The van der Waals surface area contributed by atoms with E-state index in [1.54, 1.807) is 12.1 Å². The van der Waals surface area contributed by atoms with E-state index in [0.717, 1.165) is 22.2 Å². The second-order valence-corrected chi connectivity index (χ2v) is 8.74. The van der Waals surface area contributed by atoms with E-state index < -0.39 is 35.9 Å². The fraction of sp³-hybridized carbons (Fsp3) is 0.269. The summed E-state index contributed by atoms with van der Waals surface area (Å²) in [6, 6.07) is 14.8. The van der Waals surface area contributed by atoms with Gasteiger partial charge in [-0.1, -0.05) is 18.2 Å². The van der Waals surface area contributed by atoms with Crippen molar-refractivity contribution in [3.05, 3.63) is 71.4 Å². The van der Waals surface area contributed by atoms with E-state index in [1.165, 1.54) is 17.6 Å². The average molecular weight is 529 g/mol. The van der Waals surface area contributed by atoms with E-state index in [-0.39, 0.29) is 30.8 Å². The molecule has 0 spiro atoms. The lowest BCUT2D eigenvalue weighted by molar-refractivity contribution is -0.208. The van der Waals surface area contributed by atoms with Crippen molar-refractivity contribution in [1.29, 1.82) is 0 Å². The molecule has 1 fully saturated rings. The highest BCUT2D eigenvalue weighted by molar-refractivity contribution is 5.97. The predicted molar refractivity (Wildman–Crippen MR) is 127 cm³/mol. The van der Waals surface area contributed by atoms with Crippen LogP contribution in [0.3, 0.4) is 0 Å². The van der Waals surface area contributed by atoms with Crippen LogP contribution in [0.1, 0.15) is 34.5 Å². The lowest BCUT2D eigenvalue weighted by atomic mass is 10.0. The Hall–Kier alpha value is -4.48. The number of aryl methyl sites for hydroxylation is 1. The molecule has 4 rings (SSSR count). The molecular weight excluding hydrogens is 507 g/mol. The molecule has 1 aliphatic carbocycles. The number of carbonyl (C=O) groups excluding carboxylic acids is 4. The van der Waals surface area contributed by atoms with Gasteiger partial charge in [0, 0.05) is 41.1 Å². The second kappa shape index (κ2) is 10.9. The molecule has 38 heavy (non-hydrogen) atoms. The number of aromatic nitrogens is 1. The number of amides is 2. The monoisotopic (exact) mass is 529 g/mol. The number of benzene rings is 2. The molecule has 2 aromatic carbocycles. The molecule has 12 heteroatoms. The minimum Gasteiger partial charge on any atom is -0.489 e. The number of ketones is 1. The molecule has 3 aromatic rings. The molecule has 0 bridgehead atoms. The number of rotatable bonds is 6. The van der Waals surface area contributed by atoms with E-state index in [2.05, 4.69) is 15.1 Å². The normalized spacial score (nSPS) is 17.2. The average Bonchev–Trinajstić information content (AvgIpc) is 3.24. The standard InChI is InChI=1S/C26H22F3N3O6/c1-14-10-16(19-4-2-3-5-21(19)30-14)13-37-18-8-6-15(7-9-18)23(34)31-22-12-17(33)11-20(22)24(35)32-38-25(36)26(27,28)29/h2-10,20,22H,11-13H2,1H3,(H,31,34)(H,32,35). The molecule has 0 aliphatic heterocycles. The van der Waals surface area contributed by atoms with Gasteiger partial charge in [-0.3, -0.25) is 19.4 Å². The molecule has 2 unspecified atom stereocenters. The number of carbonyl (C=O) groups is 4. The largest absolute Gasteiger partial charge is 0.493 e. The van der Waals surface area contributed by atoms with Crippen LogP contribution in [0.25, 0.3) is 10.9 Å². The lowest BCUT2D eigenvalue weighted by Crippen LogP contribution is -2.45. The Kier molecular flexibility index (Phi) is 7.60. The van der Waals surface area contributed by atoms with Crippen molar-refractivity contribution >= 4 is 34.5 Å². The van der Waals surface area contributed by atoms with Gasteiger partial charge >= 0.3 is 12.1 Å². The summed E-state index contributed by atoms with van der Waals surface area (Å²) in [7, 11) is 0. The van der Waals surface area contributed by atoms with Gasteiger partial charge < -0.3 is 14.9 Å². The zero-order valence-corrected chi connectivity index (χ0v) is 20.0. The quantitative estimate of drug-likeness (QED) is 0.470. The Morgan fingerprint density at radius 1 is 1.05 bits per heavy atom. The maximum absolute atomic E-state index is 12.7. The van der Waals surface area contributed by atoms with E-state index in [1.807, 2.05) is 37.3 Å². The number of alkyl halides is 3. The van der Waals surface area contributed by atoms with E-state index >= 15 is 0 Å². The van der Waals surface area contributed by atoms with Gasteiger partial charge in [0.2, 0.25) is 0 Å². The Morgan fingerprint density at radius 3 is 2.47 bits per heavy atom. The Morgan fingerprint density at radius 2 is 1.76 bits per heavy atom. The van der Waals surface area contributed by atoms with Crippen LogP contribution in [-0.2, 0) is 25.8 Å². The first-order valence-electron chi connectivity index (χ1n) is 11.5. The van der Waals surface area contributed by atoms with Crippen LogP contribution < -0.4 is 15.5 Å². The van der Waals surface area contributed by atoms with Crippen LogP contribution in [0.5, 0.6) is 5.75 Å². The Bertz CT molecular complexity index is 1390. The van der Waals surface area contributed by atoms with Crippen LogP contribution in [0.4, 0.5) is 13.2 Å². The number of ether oxygens (including phenoxy) is 1. The summed E-state index contributed by atoms with van der Waals surface area (Å²) in [5.74, 6) is -5.40. The van der Waals surface area contributed by atoms with Gasteiger partial charge in [0.25, 0.3) is 11.8 Å². The van der Waals surface area contributed by atoms with Crippen LogP contribution >= 0.6 is 0 Å². The number of hydrogen-bond donors (Lipinski definition) is 2. The molecule has 0 radical (unpaired) electrons. The van der Waals surface area contributed by atoms with Crippen LogP contribution in [0.2, 0.25) is 0 Å². The number of fused-ring (bicyclic) bond motifs is 1. The molecule has 2 amide bonds. The number of pyridine rings is 1. The van der Waals surface area contributed by atoms with Crippen molar-refractivity contribution in [1.82, 2.24) is 15.8 Å². The molecule has 1 aliphatic rings. The number of hydroxylamine groups is 1. The first kappa shape index (κ1) is 26.6. The van der Waals surface area contributed by atoms with E-state index in [0.29, 0.717) is 5.75 Å². The predicted octanol–water partition coefficient (Wildman–Crippen LogP) is 3.34. The first-order chi connectivity index (χ1) is 18.0. The fourth-order valence-electron chi connectivity index (χ4n) is 4.15. The highest BCUT2D eigenvalue weighted by atomic mass is 19.4. The second-order valence-electron chi connectivity index (χ2n) is 8.74. The molecular formula is C26H22F3N3O6. The van der Waals surface area contributed by atoms with Gasteiger partial charge in [-0.05, 0) is 43.3 Å². The molecule has 1 saturated carbocycles. The van der Waals surface area contributed by atoms with Gasteiger partial charge in [0.1, 0.15) is 18.1 Å². The topological polar surface area (TPSA) is 124 Å². The lowest BCUT2D eigenvalue weighted by Gasteiger charge is -2.19. The summed E-state index contributed by atoms with van der Waals surface area (Å²) in [5.41, 5.74) is 4.28. The smallest absolute Gasteiger partial charge is 0.489 e. The molecule has 0 saturated heterocycles. The summed E-state index contributed by atoms with van der Waals surface area (Å²) in [5, 5.41) is 3.51. The highest BCUT2D eigenvalue weighted by Gasteiger charge is 2.44. The van der Waals surface area contributed by atoms with Crippen LogP contribution in [0.15, 0.2) is 54.6 Å². The summed E-state index contributed by atoms with van der Waals surface area (Å²) in [6.07, 6.45) is -5.82. The fourth-order valence-corrected chi connectivity index (χ4v) is 4.15. The highest BCUT2D eigenvalue weighted by Crippen LogP contribution is 2.25. The van der Waals surface area contributed by atoms with Crippen molar-refractivity contribution in [2.75, 3.05) is 0 Å². The van der Waals surface area contributed by atoms with Crippen molar-refractivity contribution in [3.8, 4) is 5.75 Å². The number of nitrogens with zero attached hydrogens (tertiary/aromatic N) is 1. The van der Waals surface area contributed by atoms with E-state index in [9.17, 15) is 32.3 Å². The minimum atomic E-state index is -5.30. The van der Waals surface area contributed by atoms with Crippen molar-refractivity contribution < 1.29 is 41.9 Å².